The summed E-state index contributed by atoms with van der Waals surface area (Å²) in [5.41, 5.74) is 0. The first-order valence-corrected chi connectivity index (χ1v) is 13.9. The van der Waals surface area contributed by atoms with Gasteiger partial charge in [-0.3, -0.25) is 0 Å². The van der Waals surface area contributed by atoms with Gasteiger partial charge in [-0.05, 0) is 27.7 Å². The Morgan fingerprint density at radius 3 is 1.49 bits per heavy atom. The van der Waals surface area contributed by atoms with E-state index in [1.165, 1.54) is 0 Å². The van der Waals surface area contributed by atoms with Gasteiger partial charge in [-0.15, -0.1) is 0 Å². The van der Waals surface area contributed by atoms with Crippen molar-refractivity contribution in [2.45, 2.75) is 152 Å². The molecule has 0 saturated carbocycles. The molecule has 4 aliphatic heterocycles. The Morgan fingerprint density at radius 2 is 0.949 bits per heavy atom. The van der Waals surface area contributed by atoms with Gasteiger partial charge in [0, 0.05) is 39.9 Å². The Kier molecular flexibility index (Phi) is 11.0. The summed E-state index contributed by atoms with van der Waals surface area (Å²) in [7, 11) is 3.14. The van der Waals surface area contributed by atoms with Gasteiger partial charge in [0.05, 0.1) is 48.8 Å². The maximum absolute atomic E-state index is 10.9. The van der Waals surface area contributed by atoms with Gasteiger partial charge in [0.2, 0.25) is 0 Å². The second-order valence-corrected chi connectivity index (χ2v) is 11.0. The van der Waals surface area contributed by atoms with Crippen LogP contribution in [-0.2, 0) is 42.6 Å². The molecule has 4 rings (SSSR count). The molecule has 4 heterocycles. The first-order chi connectivity index (χ1) is 18.5. The van der Waals surface area contributed by atoms with E-state index < -0.39 is 92.3 Å². The molecule has 228 valence electrons. The van der Waals surface area contributed by atoms with Crippen molar-refractivity contribution in [2.75, 3.05) is 14.2 Å². The van der Waals surface area contributed by atoms with E-state index in [0.29, 0.717) is 12.8 Å². The molecule has 16 atom stereocenters. The number of methoxy groups -OCH3 is 2. The predicted molar refractivity (Wildman–Crippen MR) is 132 cm³/mol. The van der Waals surface area contributed by atoms with Crippen LogP contribution in [0.1, 0.15) is 53.4 Å². The largest absolute Gasteiger partial charge is 0.390 e. The zero-order valence-electron chi connectivity index (χ0n) is 23.5. The van der Waals surface area contributed by atoms with Crippen molar-refractivity contribution in [3.8, 4) is 0 Å². The lowest BCUT2D eigenvalue weighted by Gasteiger charge is -2.46. The molecule has 13 nitrogen and oxygen atoms in total. The summed E-state index contributed by atoms with van der Waals surface area (Å²) < 4.78 is 52.8. The lowest BCUT2D eigenvalue weighted by molar-refractivity contribution is -0.343. The van der Waals surface area contributed by atoms with Crippen molar-refractivity contribution in [2.24, 2.45) is 0 Å². The molecule has 0 spiro atoms. The highest BCUT2D eigenvalue weighted by atomic mass is 16.7. The second kappa shape index (κ2) is 13.6. The van der Waals surface area contributed by atoms with Gasteiger partial charge < -0.3 is 63.1 Å². The summed E-state index contributed by atoms with van der Waals surface area (Å²) in [6.45, 7) is 7.11. The van der Waals surface area contributed by atoms with Crippen LogP contribution in [0.3, 0.4) is 0 Å². The van der Waals surface area contributed by atoms with E-state index in [2.05, 4.69) is 0 Å². The molecular weight excluding hydrogens is 520 g/mol. The second-order valence-electron chi connectivity index (χ2n) is 11.0. The van der Waals surface area contributed by atoms with Crippen molar-refractivity contribution in [3.05, 3.63) is 0 Å². The molecule has 39 heavy (non-hydrogen) atoms. The minimum atomic E-state index is -1.04. The van der Waals surface area contributed by atoms with Gasteiger partial charge in [0.15, 0.2) is 25.2 Å². The third-order valence-electron chi connectivity index (χ3n) is 8.10. The van der Waals surface area contributed by atoms with Crippen molar-refractivity contribution in [1.29, 1.82) is 0 Å². The number of hydrogen-bond acceptors (Lipinski definition) is 13. The normalized spacial score (nSPS) is 51.5. The Hall–Kier alpha value is -0.520. The van der Waals surface area contributed by atoms with E-state index in [1.54, 1.807) is 35.0 Å². The predicted octanol–water partition coefficient (Wildman–Crippen LogP) is -0.213. The first kappa shape index (κ1) is 31.4. The van der Waals surface area contributed by atoms with Crippen LogP contribution in [-0.4, -0.2) is 133 Å². The quantitative estimate of drug-likeness (QED) is 0.305. The van der Waals surface area contributed by atoms with E-state index in [9.17, 15) is 20.4 Å². The molecule has 0 bridgehead atoms. The standard InChI is InChI=1S/C26H46O13/c1-11-23(30)17(31-5)9-21(34-11)39-26-14(4)36-22(10-18(26)32-6)38-25-13(3)35-20(8-16(25)28)37-24-12(2)33-19(29)7-15(24)27/h11-30H,7-10H2,1-6H3/t11-,12+,13+,14+,15-,16-,17+,18+,19?,20-,21-,22-,23-,24+,25+,26+/m0/s1. The summed E-state index contributed by atoms with van der Waals surface area (Å²) in [5, 5.41) is 41.1. The third kappa shape index (κ3) is 7.47. The lowest BCUT2D eigenvalue weighted by Crippen LogP contribution is -2.57. The van der Waals surface area contributed by atoms with Crippen molar-refractivity contribution in [1.82, 2.24) is 0 Å². The van der Waals surface area contributed by atoms with Gasteiger partial charge in [0.1, 0.15) is 24.4 Å². The number of aliphatic hydroxyl groups is 4. The minimum absolute atomic E-state index is 0.0367. The molecule has 0 aromatic rings. The number of ether oxygens (including phenoxy) is 9. The molecule has 0 amide bonds. The summed E-state index contributed by atoms with van der Waals surface area (Å²) in [6.07, 6.45) is -9.33. The van der Waals surface area contributed by atoms with Gasteiger partial charge >= 0.3 is 0 Å². The highest BCUT2D eigenvalue weighted by Gasteiger charge is 2.46. The first-order valence-electron chi connectivity index (χ1n) is 13.9. The average Bonchev–Trinajstić information content (AvgIpc) is 2.87. The molecule has 4 fully saturated rings. The van der Waals surface area contributed by atoms with Crippen LogP contribution in [0.15, 0.2) is 0 Å². The van der Waals surface area contributed by atoms with Gasteiger partial charge in [0.25, 0.3) is 0 Å². The summed E-state index contributed by atoms with van der Waals surface area (Å²) >= 11 is 0. The number of rotatable bonds is 8. The van der Waals surface area contributed by atoms with Crippen LogP contribution in [0.2, 0.25) is 0 Å². The zero-order chi connectivity index (χ0) is 28.4. The van der Waals surface area contributed by atoms with Crippen LogP contribution < -0.4 is 0 Å². The van der Waals surface area contributed by atoms with Crippen molar-refractivity contribution < 1.29 is 63.1 Å². The number of hydrogen-bond donors (Lipinski definition) is 4. The summed E-state index contributed by atoms with van der Waals surface area (Å²) in [5.74, 6) is 0. The maximum atomic E-state index is 10.9. The lowest BCUT2D eigenvalue weighted by atomic mass is 9.99. The molecule has 1 unspecified atom stereocenters. The van der Waals surface area contributed by atoms with Gasteiger partial charge in [-0.2, -0.15) is 0 Å². The average molecular weight is 567 g/mol. The topological polar surface area (TPSA) is 164 Å². The molecule has 0 radical (unpaired) electrons. The molecule has 4 saturated heterocycles. The van der Waals surface area contributed by atoms with Crippen LogP contribution in [0.4, 0.5) is 0 Å². The van der Waals surface area contributed by atoms with Crippen molar-refractivity contribution >= 4 is 0 Å². The van der Waals surface area contributed by atoms with E-state index >= 15 is 0 Å². The Balaban J connectivity index is 1.30. The molecular formula is C26H46O13. The molecule has 0 aromatic heterocycles. The highest BCUT2D eigenvalue weighted by molar-refractivity contribution is 4.89. The SMILES string of the molecule is CO[C@@H]1C[C@H](O[C@@H]2[C@@H](C)O[C@@H](O[C@H]3[C@@H](O)C[C@H](O[C@H]4[C@@H](O)CC(O)O[C@@H]4C)O[C@@H]3C)C[C@H]2OC)O[C@@H](C)[C@@H]1O. The summed E-state index contributed by atoms with van der Waals surface area (Å²) in [4.78, 5) is 0. The monoisotopic (exact) mass is 566 g/mol. The molecule has 13 heteroatoms. The fraction of sp³-hybridized carbons (Fsp3) is 1.00. The van der Waals surface area contributed by atoms with Crippen LogP contribution in [0, 0.1) is 0 Å². The Morgan fingerprint density at radius 1 is 0.513 bits per heavy atom. The van der Waals surface area contributed by atoms with Gasteiger partial charge in [-0.25, -0.2) is 0 Å². The fourth-order valence-corrected chi connectivity index (χ4v) is 5.91. The number of aliphatic hydroxyl groups excluding tert-OH is 4. The molecule has 4 aliphatic rings. The van der Waals surface area contributed by atoms with Crippen LogP contribution in [0.25, 0.3) is 0 Å². The van der Waals surface area contributed by atoms with Crippen LogP contribution in [0.5, 0.6) is 0 Å². The molecule has 0 aliphatic carbocycles. The Bertz CT molecular complexity index is 735. The molecule has 4 N–H and O–H groups in total. The van der Waals surface area contributed by atoms with Crippen molar-refractivity contribution in [3.63, 3.8) is 0 Å². The zero-order valence-corrected chi connectivity index (χ0v) is 23.5. The van der Waals surface area contributed by atoms with E-state index in [4.69, 9.17) is 42.6 Å². The fourth-order valence-electron chi connectivity index (χ4n) is 5.91. The summed E-state index contributed by atoms with van der Waals surface area (Å²) in [6, 6.07) is 0. The van der Waals surface area contributed by atoms with E-state index in [0.717, 1.165) is 0 Å². The smallest absolute Gasteiger partial charge is 0.161 e. The Labute approximate surface area is 229 Å². The third-order valence-corrected chi connectivity index (χ3v) is 8.10. The molecule has 0 aromatic carbocycles. The maximum Gasteiger partial charge on any atom is 0.161 e. The van der Waals surface area contributed by atoms with E-state index in [-0.39, 0.29) is 18.9 Å². The highest BCUT2D eigenvalue weighted by Crippen LogP contribution is 2.34. The van der Waals surface area contributed by atoms with Crippen LogP contribution >= 0.6 is 0 Å². The minimum Gasteiger partial charge on any atom is -0.390 e. The van der Waals surface area contributed by atoms with E-state index in [1.807, 2.05) is 6.92 Å². The van der Waals surface area contributed by atoms with Gasteiger partial charge in [-0.1, -0.05) is 0 Å².